The average molecular weight is 487 g/mol. The van der Waals surface area contributed by atoms with Gasteiger partial charge in [-0.15, -0.1) is 0 Å². The number of aliphatic hydroxyl groups excluding tert-OH is 1. The molecule has 3 saturated carbocycles. The first-order valence-electron chi connectivity index (χ1n) is 13.0. The third-order valence-corrected chi connectivity index (χ3v) is 11.1. The number of carbonyl (C=O) groups is 4. The molecule has 0 bridgehead atoms. The molecule has 0 radical (unpaired) electrons. The second-order valence-electron chi connectivity index (χ2n) is 13.0. The van der Waals surface area contributed by atoms with Crippen LogP contribution in [0, 0.1) is 45.3 Å². The number of aliphatic hydroxyl groups is 1. The van der Waals surface area contributed by atoms with E-state index in [1.54, 1.807) is 0 Å². The van der Waals surface area contributed by atoms with Crippen LogP contribution in [0.25, 0.3) is 0 Å². The first-order valence-corrected chi connectivity index (χ1v) is 13.0. The number of Topliss-reactive ketones (excluding diaryl/α,β-unsaturated/α-hetero) is 1. The molecule has 5 rings (SSSR count). The van der Waals surface area contributed by atoms with Crippen LogP contribution in [-0.4, -0.2) is 41.0 Å². The van der Waals surface area contributed by atoms with Crippen LogP contribution in [0.3, 0.4) is 0 Å². The maximum Gasteiger partial charge on any atom is 0.317 e. The van der Waals surface area contributed by atoms with Crippen LogP contribution < -0.4 is 0 Å². The monoisotopic (exact) mass is 486 g/mol. The molecule has 5 aliphatic rings. The molecule has 1 saturated heterocycles. The molecule has 4 fully saturated rings. The molecule has 1 heterocycles. The number of ether oxygens (including phenoxy) is 2. The Labute approximate surface area is 207 Å². The normalized spacial score (nSPS) is 48.4. The number of ketones is 1. The molecule has 0 amide bonds. The number of carbonyl (C=O) groups excluding carboxylic acids is 4. The summed E-state index contributed by atoms with van der Waals surface area (Å²) in [6, 6.07) is 0. The van der Waals surface area contributed by atoms with Crippen molar-refractivity contribution < 1.29 is 33.8 Å². The Bertz CT molecular complexity index is 1040. The van der Waals surface area contributed by atoms with E-state index in [4.69, 9.17) is 9.47 Å². The van der Waals surface area contributed by atoms with Crippen molar-refractivity contribution in [2.75, 3.05) is 0 Å². The molecular formula is C28H38O7. The molecule has 0 spiro atoms. The minimum Gasteiger partial charge on any atom is -0.459 e. The van der Waals surface area contributed by atoms with Gasteiger partial charge in [0.15, 0.2) is 0 Å². The van der Waals surface area contributed by atoms with Crippen molar-refractivity contribution in [2.24, 2.45) is 45.3 Å². The lowest BCUT2D eigenvalue weighted by Crippen LogP contribution is -2.71. The van der Waals surface area contributed by atoms with Gasteiger partial charge in [0.05, 0.1) is 18.4 Å². The highest BCUT2D eigenvalue weighted by Gasteiger charge is 2.72. The topological polar surface area (TPSA) is 107 Å². The maximum absolute atomic E-state index is 13.0. The molecule has 4 aliphatic carbocycles. The minimum absolute atomic E-state index is 0.0701. The van der Waals surface area contributed by atoms with Gasteiger partial charge < -0.3 is 14.6 Å². The molecule has 1 N–H and O–H groups in total. The zero-order valence-electron chi connectivity index (χ0n) is 21.7. The standard InChI is InChI=1S/C28H38O7/c1-14(29)34-23-21(32)22-25(2,3)19(30)10-12-27(22,5)18-9-11-26(4)16(7-8-17(26)28(18,23)6)15-13-20(31)35-24(15)33/h8,15-16,18,21-23,32H,7,9-13H2,1-6H3/t15-,16-,18+,21+,22-,23+,26-,27+,28-/m0/s1. The Morgan fingerprint density at radius 1 is 1.11 bits per heavy atom. The van der Waals surface area contributed by atoms with Gasteiger partial charge >= 0.3 is 17.9 Å². The number of rotatable bonds is 2. The lowest BCUT2D eigenvalue weighted by Gasteiger charge is -2.69. The molecule has 7 heteroatoms. The number of cyclic esters (lactones) is 2. The van der Waals surface area contributed by atoms with Gasteiger partial charge in [-0.05, 0) is 48.3 Å². The van der Waals surface area contributed by atoms with Gasteiger partial charge in [-0.1, -0.05) is 46.3 Å². The fraction of sp³-hybridized carbons (Fsp3) is 0.786. The van der Waals surface area contributed by atoms with Crippen molar-refractivity contribution in [2.45, 2.75) is 92.3 Å². The minimum atomic E-state index is -0.996. The first kappa shape index (κ1) is 24.7. The lowest BCUT2D eigenvalue weighted by atomic mass is 9.36. The van der Waals surface area contributed by atoms with E-state index in [1.165, 1.54) is 6.92 Å². The van der Waals surface area contributed by atoms with E-state index >= 15 is 0 Å². The fourth-order valence-corrected chi connectivity index (χ4v) is 9.77. The van der Waals surface area contributed by atoms with Gasteiger partial charge in [0.2, 0.25) is 0 Å². The molecule has 1 aliphatic heterocycles. The average Bonchev–Trinajstić information content (AvgIpc) is 3.26. The molecule has 0 unspecified atom stereocenters. The van der Waals surface area contributed by atoms with Gasteiger partial charge in [-0.2, -0.15) is 0 Å². The quantitative estimate of drug-likeness (QED) is 0.360. The molecule has 35 heavy (non-hydrogen) atoms. The van der Waals surface area contributed by atoms with E-state index in [2.05, 4.69) is 26.8 Å². The summed E-state index contributed by atoms with van der Waals surface area (Å²) >= 11 is 0. The molecule has 9 atom stereocenters. The third-order valence-electron chi connectivity index (χ3n) is 11.1. The summed E-state index contributed by atoms with van der Waals surface area (Å²) in [5.74, 6) is -2.00. The highest BCUT2D eigenvalue weighted by Crippen LogP contribution is 2.73. The Morgan fingerprint density at radius 3 is 2.40 bits per heavy atom. The highest BCUT2D eigenvalue weighted by molar-refractivity contribution is 5.95. The second-order valence-corrected chi connectivity index (χ2v) is 13.0. The van der Waals surface area contributed by atoms with Crippen LogP contribution >= 0.6 is 0 Å². The second kappa shape index (κ2) is 7.50. The van der Waals surface area contributed by atoms with Gasteiger partial charge in [0, 0.05) is 30.1 Å². The van der Waals surface area contributed by atoms with Crippen LogP contribution in [0.2, 0.25) is 0 Å². The summed E-state index contributed by atoms with van der Waals surface area (Å²) < 4.78 is 10.9. The van der Waals surface area contributed by atoms with Gasteiger partial charge in [0.25, 0.3) is 0 Å². The van der Waals surface area contributed by atoms with Crippen molar-refractivity contribution in [3.63, 3.8) is 0 Å². The summed E-state index contributed by atoms with van der Waals surface area (Å²) in [7, 11) is 0. The van der Waals surface area contributed by atoms with Crippen molar-refractivity contribution in [3.8, 4) is 0 Å². The number of fused-ring (bicyclic) bond motifs is 5. The van der Waals surface area contributed by atoms with Crippen molar-refractivity contribution in [1.29, 1.82) is 0 Å². The molecule has 0 aromatic rings. The van der Waals surface area contributed by atoms with E-state index in [1.807, 2.05) is 13.8 Å². The van der Waals surface area contributed by atoms with Crippen LogP contribution in [-0.2, 0) is 28.7 Å². The number of hydrogen-bond acceptors (Lipinski definition) is 7. The number of allylic oxidation sites excluding steroid dienone is 1. The molecule has 0 aromatic carbocycles. The number of esters is 3. The maximum atomic E-state index is 13.0. The van der Waals surface area contributed by atoms with Crippen molar-refractivity contribution >= 4 is 23.7 Å². The molecule has 7 nitrogen and oxygen atoms in total. The Kier molecular flexibility index (Phi) is 5.28. The zero-order valence-corrected chi connectivity index (χ0v) is 21.7. The molecule has 0 aromatic heterocycles. The summed E-state index contributed by atoms with van der Waals surface area (Å²) in [5.41, 5.74) is -0.946. The summed E-state index contributed by atoms with van der Waals surface area (Å²) in [4.78, 5) is 49.8. The van der Waals surface area contributed by atoms with Crippen molar-refractivity contribution in [1.82, 2.24) is 0 Å². The van der Waals surface area contributed by atoms with Gasteiger partial charge in [-0.3, -0.25) is 19.2 Å². The van der Waals surface area contributed by atoms with E-state index in [-0.39, 0.29) is 40.8 Å². The first-order chi connectivity index (χ1) is 16.2. The molecule has 192 valence electrons. The Morgan fingerprint density at radius 2 is 1.80 bits per heavy atom. The van der Waals surface area contributed by atoms with Crippen LogP contribution in [0.4, 0.5) is 0 Å². The van der Waals surface area contributed by atoms with E-state index < -0.39 is 46.9 Å². The largest absolute Gasteiger partial charge is 0.459 e. The predicted molar refractivity (Wildman–Crippen MR) is 126 cm³/mol. The van der Waals surface area contributed by atoms with Crippen LogP contribution in [0.1, 0.15) is 80.1 Å². The van der Waals surface area contributed by atoms with Gasteiger partial charge in [-0.25, -0.2) is 0 Å². The zero-order chi connectivity index (χ0) is 25.7. The van der Waals surface area contributed by atoms with E-state index in [0.717, 1.165) is 18.4 Å². The Hall–Kier alpha value is -2.02. The fourth-order valence-electron chi connectivity index (χ4n) is 9.77. The van der Waals surface area contributed by atoms with Crippen molar-refractivity contribution in [3.05, 3.63) is 11.6 Å². The van der Waals surface area contributed by atoms with E-state index in [9.17, 15) is 24.3 Å². The Balaban J connectivity index is 1.62. The highest BCUT2D eigenvalue weighted by atomic mass is 16.6. The summed E-state index contributed by atoms with van der Waals surface area (Å²) in [5, 5.41) is 11.9. The predicted octanol–water partition coefficient (Wildman–Crippen LogP) is 3.76. The third kappa shape index (κ3) is 3.06. The molecular weight excluding hydrogens is 448 g/mol. The van der Waals surface area contributed by atoms with Gasteiger partial charge in [0.1, 0.15) is 11.9 Å². The number of hydrogen-bond donors (Lipinski definition) is 1. The summed E-state index contributed by atoms with van der Waals surface area (Å²) in [6.07, 6.45) is 3.98. The van der Waals surface area contributed by atoms with Crippen LogP contribution in [0.5, 0.6) is 0 Å². The summed E-state index contributed by atoms with van der Waals surface area (Å²) in [6.45, 7) is 11.7. The SMILES string of the molecule is CC(=O)O[C@@H]1[C@H](O)[C@H]2C(C)(C)C(=O)CC[C@]2(C)[C@H]2CC[C@]3(C)C(=CC[C@H]3[C@@H]3CC(=O)OC3=O)[C@]12C. The smallest absolute Gasteiger partial charge is 0.317 e. The van der Waals surface area contributed by atoms with E-state index in [0.29, 0.717) is 19.3 Å². The lowest BCUT2D eigenvalue weighted by molar-refractivity contribution is -0.246. The van der Waals surface area contributed by atoms with Crippen LogP contribution in [0.15, 0.2) is 11.6 Å².